The highest BCUT2D eigenvalue weighted by Gasteiger charge is 2.27. The van der Waals surface area contributed by atoms with Crippen molar-refractivity contribution in [3.63, 3.8) is 0 Å². The van der Waals surface area contributed by atoms with E-state index in [1.165, 1.54) is 32.0 Å². The summed E-state index contributed by atoms with van der Waals surface area (Å²) in [5.74, 6) is -0.737. The minimum Gasteiger partial charge on any atom is -0.507 e. The predicted molar refractivity (Wildman–Crippen MR) is 53.7 cm³/mol. The zero-order valence-electron chi connectivity index (χ0n) is 7.91. The molecule has 3 nitrogen and oxygen atoms in total. The van der Waals surface area contributed by atoms with Crippen LogP contribution in [0.5, 0.6) is 5.75 Å². The maximum absolute atomic E-state index is 11.6. The summed E-state index contributed by atoms with van der Waals surface area (Å²) in [7, 11) is 0. The van der Waals surface area contributed by atoms with Gasteiger partial charge in [0.2, 0.25) is 0 Å². The molecule has 0 spiro atoms. The number of aromatic hydroxyl groups is 1. The first-order valence-electron chi connectivity index (χ1n) is 4.08. The van der Waals surface area contributed by atoms with Crippen molar-refractivity contribution in [2.24, 2.45) is 0 Å². The maximum atomic E-state index is 11.6. The molecule has 0 unspecified atom stereocenters. The van der Waals surface area contributed by atoms with E-state index in [1.807, 2.05) is 0 Å². The molecule has 1 rings (SSSR count). The second-order valence-corrected chi connectivity index (χ2v) is 3.99. The Bertz CT molecular complexity index is 366. The summed E-state index contributed by atoms with van der Waals surface area (Å²) >= 11 is 5.67. The van der Waals surface area contributed by atoms with Crippen LogP contribution in [0.15, 0.2) is 18.2 Å². The van der Waals surface area contributed by atoms with E-state index in [4.69, 9.17) is 11.6 Å². The fourth-order valence-corrected chi connectivity index (χ4v) is 1.19. The highest BCUT2D eigenvalue weighted by Crippen LogP contribution is 2.25. The molecule has 0 amide bonds. The molecule has 4 heteroatoms. The van der Waals surface area contributed by atoms with E-state index in [2.05, 4.69) is 0 Å². The Balaban J connectivity index is 3.19. The van der Waals surface area contributed by atoms with E-state index in [9.17, 15) is 15.0 Å². The Labute approximate surface area is 86.9 Å². The molecule has 14 heavy (non-hydrogen) atoms. The summed E-state index contributed by atoms with van der Waals surface area (Å²) in [6, 6.07) is 4.12. The summed E-state index contributed by atoms with van der Waals surface area (Å²) in [6.07, 6.45) is 0. The molecule has 0 aliphatic carbocycles. The van der Waals surface area contributed by atoms with Crippen LogP contribution in [0, 0.1) is 0 Å². The molecule has 0 atom stereocenters. The molecule has 0 saturated heterocycles. The van der Waals surface area contributed by atoms with Crippen LogP contribution in [0.4, 0.5) is 0 Å². The third-order valence-electron chi connectivity index (χ3n) is 1.76. The number of halogens is 1. The van der Waals surface area contributed by atoms with Gasteiger partial charge in [-0.15, -0.1) is 0 Å². The van der Waals surface area contributed by atoms with Crippen LogP contribution in [0.1, 0.15) is 24.2 Å². The normalized spacial score (nSPS) is 11.4. The predicted octanol–water partition coefficient (Wildman–Crippen LogP) is 2.00. The lowest BCUT2D eigenvalue weighted by Crippen LogP contribution is -2.31. The molecule has 0 aliphatic rings. The zero-order valence-corrected chi connectivity index (χ0v) is 8.67. The van der Waals surface area contributed by atoms with Gasteiger partial charge in [0.1, 0.15) is 11.4 Å². The van der Waals surface area contributed by atoms with E-state index >= 15 is 0 Å². The topological polar surface area (TPSA) is 57.5 Å². The Kier molecular flexibility index (Phi) is 2.83. The highest BCUT2D eigenvalue weighted by molar-refractivity contribution is 6.31. The van der Waals surface area contributed by atoms with Gasteiger partial charge < -0.3 is 10.2 Å². The van der Waals surface area contributed by atoms with Gasteiger partial charge in [-0.3, -0.25) is 4.79 Å². The Hall–Kier alpha value is -1.06. The molecule has 0 bridgehead atoms. The van der Waals surface area contributed by atoms with E-state index in [0.29, 0.717) is 5.02 Å². The van der Waals surface area contributed by atoms with Gasteiger partial charge >= 0.3 is 0 Å². The second-order valence-electron chi connectivity index (χ2n) is 3.55. The smallest absolute Gasteiger partial charge is 0.197 e. The standard InChI is InChI=1S/C10H11ClO3/c1-10(2,14)9(13)7-5-6(11)3-4-8(7)12/h3-5,12,14H,1-2H3. The molecule has 2 N–H and O–H groups in total. The minimum atomic E-state index is -1.51. The summed E-state index contributed by atoms with van der Waals surface area (Å²) < 4.78 is 0. The van der Waals surface area contributed by atoms with Crippen molar-refractivity contribution in [1.82, 2.24) is 0 Å². The molecule has 1 aromatic rings. The van der Waals surface area contributed by atoms with Crippen LogP contribution in [0.25, 0.3) is 0 Å². The molecule has 76 valence electrons. The summed E-state index contributed by atoms with van der Waals surface area (Å²) in [6.45, 7) is 2.71. The van der Waals surface area contributed by atoms with E-state index in [-0.39, 0.29) is 11.3 Å². The molecule has 0 aromatic heterocycles. The maximum Gasteiger partial charge on any atom is 0.197 e. The van der Waals surface area contributed by atoms with E-state index in [0.717, 1.165) is 0 Å². The lowest BCUT2D eigenvalue weighted by atomic mass is 9.96. The first-order valence-corrected chi connectivity index (χ1v) is 4.46. The van der Waals surface area contributed by atoms with E-state index < -0.39 is 11.4 Å². The number of hydrogen-bond donors (Lipinski definition) is 2. The van der Waals surface area contributed by atoms with Gasteiger partial charge in [-0.05, 0) is 32.0 Å². The van der Waals surface area contributed by atoms with Gasteiger partial charge in [0.15, 0.2) is 5.78 Å². The lowest BCUT2D eigenvalue weighted by Gasteiger charge is -2.16. The van der Waals surface area contributed by atoms with Gasteiger partial charge in [-0.2, -0.15) is 0 Å². The van der Waals surface area contributed by atoms with Crippen molar-refractivity contribution >= 4 is 17.4 Å². The number of hydrogen-bond acceptors (Lipinski definition) is 3. The first-order chi connectivity index (χ1) is 6.32. The first kappa shape index (κ1) is 11.0. The number of carbonyl (C=O) groups excluding carboxylic acids is 1. The van der Waals surface area contributed by atoms with Crippen LogP contribution < -0.4 is 0 Å². The minimum absolute atomic E-state index is 0.0324. The van der Waals surface area contributed by atoms with Gasteiger partial charge in [0, 0.05) is 5.02 Å². The molecule has 1 aromatic carbocycles. The highest BCUT2D eigenvalue weighted by atomic mass is 35.5. The second kappa shape index (κ2) is 3.59. The third kappa shape index (κ3) is 2.25. The fourth-order valence-electron chi connectivity index (χ4n) is 1.02. The molecular formula is C10H11ClO3. The number of carbonyl (C=O) groups is 1. The van der Waals surface area contributed by atoms with Crippen LogP contribution in [0.3, 0.4) is 0 Å². The lowest BCUT2D eigenvalue weighted by molar-refractivity contribution is 0.0485. The number of Topliss-reactive ketones (excluding diaryl/α,β-unsaturated/α-hetero) is 1. The van der Waals surface area contributed by atoms with Crippen molar-refractivity contribution in [2.75, 3.05) is 0 Å². The molecule has 0 saturated carbocycles. The number of aliphatic hydroxyl groups is 1. The number of phenols is 1. The van der Waals surface area contributed by atoms with Crippen LogP contribution in [0.2, 0.25) is 5.02 Å². The fraction of sp³-hybridized carbons (Fsp3) is 0.300. The Morgan fingerprint density at radius 3 is 2.50 bits per heavy atom. The summed E-state index contributed by atoms with van der Waals surface area (Å²) in [5.41, 5.74) is -1.48. The SMILES string of the molecule is CC(C)(O)C(=O)c1cc(Cl)ccc1O. The number of rotatable bonds is 2. The Morgan fingerprint density at radius 2 is 2.00 bits per heavy atom. The average molecular weight is 215 g/mol. The van der Waals surface area contributed by atoms with Gasteiger partial charge in [-0.25, -0.2) is 0 Å². The number of ketones is 1. The van der Waals surface area contributed by atoms with Crippen molar-refractivity contribution in [2.45, 2.75) is 19.4 Å². The average Bonchev–Trinajstić information content (AvgIpc) is 2.06. The van der Waals surface area contributed by atoms with Crippen molar-refractivity contribution in [3.05, 3.63) is 28.8 Å². The van der Waals surface area contributed by atoms with Crippen molar-refractivity contribution in [3.8, 4) is 5.75 Å². The van der Waals surface area contributed by atoms with Crippen molar-refractivity contribution in [1.29, 1.82) is 0 Å². The zero-order chi connectivity index (χ0) is 10.9. The molecule has 0 radical (unpaired) electrons. The third-order valence-corrected chi connectivity index (χ3v) is 1.99. The summed E-state index contributed by atoms with van der Waals surface area (Å²) in [5, 5.41) is 19.2. The van der Waals surface area contributed by atoms with Gasteiger partial charge in [0.05, 0.1) is 5.56 Å². The Morgan fingerprint density at radius 1 is 1.43 bits per heavy atom. The molecule has 0 aliphatic heterocycles. The van der Waals surface area contributed by atoms with Crippen LogP contribution in [-0.2, 0) is 0 Å². The summed E-state index contributed by atoms with van der Waals surface area (Å²) in [4.78, 5) is 11.6. The quantitative estimate of drug-likeness (QED) is 0.741. The molecule has 0 heterocycles. The monoisotopic (exact) mass is 214 g/mol. The molecular weight excluding hydrogens is 204 g/mol. The van der Waals surface area contributed by atoms with Gasteiger partial charge in [-0.1, -0.05) is 11.6 Å². The van der Waals surface area contributed by atoms with Crippen LogP contribution >= 0.6 is 11.6 Å². The van der Waals surface area contributed by atoms with E-state index in [1.54, 1.807) is 0 Å². The largest absolute Gasteiger partial charge is 0.507 e. The van der Waals surface area contributed by atoms with Crippen LogP contribution in [-0.4, -0.2) is 21.6 Å². The van der Waals surface area contributed by atoms with Crippen molar-refractivity contribution < 1.29 is 15.0 Å². The number of benzene rings is 1. The molecule has 0 fully saturated rings. The van der Waals surface area contributed by atoms with Gasteiger partial charge in [0.25, 0.3) is 0 Å². The number of phenolic OH excluding ortho intramolecular Hbond substituents is 1.